The summed E-state index contributed by atoms with van der Waals surface area (Å²) in [7, 11) is -3.67. The molecule has 0 aliphatic heterocycles. The third-order valence-corrected chi connectivity index (χ3v) is 5.34. The Morgan fingerprint density at radius 2 is 1.70 bits per heavy atom. The molecule has 0 aromatic heterocycles. The summed E-state index contributed by atoms with van der Waals surface area (Å²) in [6, 6.07) is 12.2. The van der Waals surface area contributed by atoms with Gasteiger partial charge in [-0.2, -0.15) is 0 Å². The molecule has 3 nitrogen and oxygen atoms in total. The summed E-state index contributed by atoms with van der Waals surface area (Å²) in [4.78, 5) is 0.0389. The highest BCUT2D eigenvalue weighted by atomic mass is 35.5. The highest BCUT2D eigenvalue weighted by Crippen LogP contribution is 2.30. The lowest BCUT2D eigenvalue weighted by atomic mass is 10.2. The van der Waals surface area contributed by atoms with E-state index in [1.165, 1.54) is 12.1 Å². The predicted octanol–water partition coefficient (Wildman–Crippen LogP) is 3.78. The number of benzene rings is 2. The van der Waals surface area contributed by atoms with Gasteiger partial charge in [0.05, 0.1) is 5.02 Å². The van der Waals surface area contributed by atoms with Gasteiger partial charge in [0.2, 0.25) is 10.0 Å². The third kappa shape index (κ3) is 3.33. The molecule has 20 heavy (non-hydrogen) atoms. The van der Waals surface area contributed by atoms with Crippen molar-refractivity contribution in [3.63, 3.8) is 0 Å². The van der Waals surface area contributed by atoms with Gasteiger partial charge in [-0.25, -0.2) is 13.1 Å². The van der Waals surface area contributed by atoms with Crippen molar-refractivity contribution in [2.45, 2.75) is 18.4 Å². The van der Waals surface area contributed by atoms with Crippen LogP contribution in [0.2, 0.25) is 10.0 Å². The first kappa shape index (κ1) is 15.3. The fourth-order valence-electron chi connectivity index (χ4n) is 1.70. The van der Waals surface area contributed by atoms with Crippen LogP contribution in [0, 0.1) is 6.92 Å². The van der Waals surface area contributed by atoms with Crippen molar-refractivity contribution in [1.82, 2.24) is 4.72 Å². The molecular formula is C14H13Cl2NO2S. The number of sulfonamides is 1. The van der Waals surface area contributed by atoms with Crippen molar-refractivity contribution >= 4 is 33.2 Å². The van der Waals surface area contributed by atoms with Crippen LogP contribution >= 0.6 is 23.2 Å². The Bertz CT molecular complexity index is 715. The van der Waals surface area contributed by atoms with Crippen LogP contribution in [0.3, 0.4) is 0 Å². The normalized spacial score (nSPS) is 11.6. The maximum absolute atomic E-state index is 12.3. The van der Waals surface area contributed by atoms with Gasteiger partial charge in [0.1, 0.15) is 4.90 Å². The van der Waals surface area contributed by atoms with Gasteiger partial charge in [-0.3, -0.25) is 0 Å². The molecule has 0 saturated carbocycles. The number of rotatable bonds is 4. The van der Waals surface area contributed by atoms with Crippen LogP contribution < -0.4 is 4.72 Å². The zero-order chi connectivity index (χ0) is 14.8. The molecule has 0 aliphatic carbocycles. The van der Waals surface area contributed by atoms with E-state index in [9.17, 15) is 8.42 Å². The average molecular weight is 330 g/mol. The fraction of sp³-hybridized carbons (Fsp3) is 0.143. The molecule has 0 fully saturated rings. The molecule has 0 atom stereocenters. The summed E-state index contributed by atoms with van der Waals surface area (Å²) in [5.41, 5.74) is 1.42. The summed E-state index contributed by atoms with van der Waals surface area (Å²) in [5, 5.41) is 0.593. The van der Waals surface area contributed by atoms with Crippen molar-refractivity contribution in [2.75, 3.05) is 0 Å². The molecule has 0 unspecified atom stereocenters. The molecule has 0 radical (unpaired) electrons. The topological polar surface area (TPSA) is 46.2 Å². The summed E-state index contributed by atoms with van der Waals surface area (Å²) in [5.74, 6) is 0. The minimum absolute atomic E-state index is 0.0389. The lowest BCUT2D eigenvalue weighted by Crippen LogP contribution is -2.23. The highest BCUT2D eigenvalue weighted by Gasteiger charge is 2.19. The molecule has 0 spiro atoms. The van der Waals surface area contributed by atoms with Crippen LogP contribution in [-0.2, 0) is 16.6 Å². The first-order valence-electron chi connectivity index (χ1n) is 5.90. The van der Waals surface area contributed by atoms with E-state index in [2.05, 4.69) is 4.72 Å². The SMILES string of the molecule is Cc1c(Cl)ccc(S(=O)(=O)NCc2ccccc2)c1Cl. The van der Waals surface area contributed by atoms with Gasteiger partial charge in [0.15, 0.2) is 0 Å². The highest BCUT2D eigenvalue weighted by molar-refractivity contribution is 7.89. The maximum atomic E-state index is 12.3. The molecule has 106 valence electrons. The van der Waals surface area contributed by atoms with E-state index in [0.717, 1.165) is 5.56 Å². The monoisotopic (exact) mass is 329 g/mol. The van der Waals surface area contributed by atoms with Crippen LogP contribution in [0.25, 0.3) is 0 Å². The van der Waals surface area contributed by atoms with E-state index in [1.54, 1.807) is 6.92 Å². The molecule has 1 N–H and O–H groups in total. The van der Waals surface area contributed by atoms with E-state index >= 15 is 0 Å². The number of hydrogen-bond acceptors (Lipinski definition) is 2. The zero-order valence-corrected chi connectivity index (χ0v) is 13.1. The zero-order valence-electron chi connectivity index (χ0n) is 10.7. The molecule has 6 heteroatoms. The Hall–Kier alpha value is -1.07. The maximum Gasteiger partial charge on any atom is 0.242 e. The molecule has 0 aliphatic rings. The molecule has 0 bridgehead atoms. The second-order valence-corrected chi connectivity index (χ2v) is 6.82. The van der Waals surface area contributed by atoms with Crippen LogP contribution in [0.4, 0.5) is 0 Å². The minimum Gasteiger partial charge on any atom is -0.207 e. The van der Waals surface area contributed by atoms with E-state index in [-0.39, 0.29) is 16.5 Å². The van der Waals surface area contributed by atoms with Crippen LogP contribution in [0.1, 0.15) is 11.1 Å². The van der Waals surface area contributed by atoms with E-state index in [4.69, 9.17) is 23.2 Å². The molecule has 2 rings (SSSR count). The van der Waals surface area contributed by atoms with Crippen LogP contribution in [0.15, 0.2) is 47.4 Å². The van der Waals surface area contributed by atoms with Gasteiger partial charge in [0, 0.05) is 11.6 Å². The number of nitrogens with one attached hydrogen (secondary N) is 1. The molecule has 2 aromatic carbocycles. The van der Waals surface area contributed by atoms with Gasteiger partial charge in [0.25, 0.3) is 0 Å². The molecule has 0 amide bonds. The number of halogens is 2. The van der Waals surface area contributed by atoms with Crippen molar-refractivity contribution in [3.8, 4) is 0 Å². The Kier molecular flexibility index (Phi) is 4.70. The van der Waals surface area contributed by atoms with Crippen molar-refractivity contribution in [2.24, 2.45) is 0 Å². The van der Waals surface area contributed by atoms with Crippen LogP contribution in [-0.4, -0.2) is 8.42 Å². The molecule has 0 saturated heterocycles. The smallest absolute Gasteiger partial charge is 0.207 e. The lowest BCUT2D eigenvalue weighted by molar-refractivity contribution is 0.581. The van der Waals surface area contributed by atoms with Crippen molar-refractivity contribution in [1.29, 1.82) is 0 Å². The molecule has 2 aromatic rings. The van der Waals surface area contributed by atoms with E-state index in [0.29, 0.717) is 10.6 Å². The predicted molar refractivity (Wildman–Crippen MR) is 81.7 cm³/mol. The van der Waals surface area contributed by atoms with Crippen molar-refractivity contribution in [3.05, 3.63) is 63.6 Å². The fourth-order valence-corrected chi connectivity index (χ4v) is 3.52. The van der Waals surface area contributed by atoms with Crippen LogP contribution in [0.5, 0.6) is 0 Å². The van der Waals surface area contributed by atoms with Gasteiger partial charge in [-0.15, -0.1) is 0 Å². The lowest BCUT2D eigenvalue weighted by Gasteiger charge is -2.10. The Labute approximate surface area is 128 Å². The molecular weight excluding hydrogens is 317 g/mol. The first-order chi connectivity index (χ1) is 9.42. The first-order valence-corrected chi connectivity index (χ1v) is 8.14. The minimum atomic E-state index is -3.67. The average Bonchev–Trinajstić information content (AvgIpc) is 2.44. The Morgan fingerprint density at radius 3 is 2.35 bits per heavy atom. The van der Waals surface area contributed by atoms with Gasteiger partial charge in [-0.05, 0) is 30.2 Å². The van der Waals surface area contributed by atoms with Crippen molar-refractivity contribution < 1.29 is 8.42 Å². The van der Waals surface area contributed by atoms with Gasteiger partial charge in [-0.1, -0.05) is 53.5 Å². The van der Waals surface area contributed by atoms with Gasteiger partial charge < -0.3 is 0 Å². The molecule has 0 heterocycles. The number of hydrogen-bond donors (Lipinski definition) is 1. The van der Waals surface area contributed by atoms with E-state index < -0.39 is 10.0 Å². The quantitative estimate of drug-likeness (QED) is 0.927. The summed E-state index contributed by atoms with van der Waals surface area (Å²) >= 11 is 12.0. The van der Waals surface area contributed by atoms with Gasteiger partial charge >= 0.3 is 0 Å². The van der Waals surface area contributed by atoms with E-state index in [1.807, 2.05) is 30.3 Å². The third-order valence-electron chi connectivity index (χ3n) is 2.88. The standard InChI is InChI=1S/C14H13Cl2NO2S/c1-10-12(15)7-8-13(14(10)16)20(18,19)17-9-11-5-3-2-4-6-11/h2-8,17H,9H2,1H3. The Balaban J connectivity index is 2.25. The second kappa shape index (κ2) is 6.14. The summed E-state index contributed by atoms with van der Waals surface area (Å²) in [6.07, 6.45) is 0. The largest absolute Gasteiger partial charge is 0.242 e. The summed E-state index contributed by atoms with van der Waals surface area (Å²) < 4.78 is 27.0. The second-order valence-electron chi connectivity index (χ2n) is 4.29. The Morgan fingerprint density at radius 1 is 1.05 bits per heavy atom. The summed E-state index contributed by atoms with van der Waals surface area (Å²) in [6.45, 7) is 1.89.